The summed E-state index contributed by atoms with van der Waals surface area (Å²) in [6.07, 6.45) is -6.53. The lowest BCUT2D eigenvalue weighted by Crippen LogP contribution is -2.48. The summed E-state index contributed by atoms with van der Waals surface area (Å²) in [6.45, 7) is 0.196. The molecule has 0 bridgehead atoms. The first kappa shape index (κ1) is 27.8. The van der Waals surface area contributed by atoms with Crippen molar-refractivity contribution in [3.05, 3.63) is 71.3 Å². The van der Waals surface area contributed by atoms with Crippen LogP contribution in [0.2, 0.25) is 0 Å². The maximum Gasteiger partial charge on any atom is 0.416 e. The van der Waals surface area contributed by atoms with E-state index in [1.54, 1.807) is 0 Å². The van der Waals surface area contributed by atoms with Crippen molar-refractivity contribution in [1.82, 2.24) is 20.1 Å². The van der Waals surface area contributed by atoms with Gasteiger partial charge in [-0.25, -0.2) is 23.9 Å². The number of hydrogen-bond donors (Lipinski definition) is 2. The zero-order valence-corrected chi connectivity index (χ0v) is 20.6. The molecule has 0 spiro atoms. The molecule has 4 amide bonds. The molecule has 3 heterocycles. The number of carbonyl (C=O) groups excluding carboxylic acids is 2. The van der Waals surface area contributed by atoms with Crippen molar-refractivity contribution in [3.8, 4) is 11.8 Å². The van der Waals surface area contributed by atoms with Crippen molar-refractivity contribution in [2.24, 2.45) is 0 Å². The maximum atomic E-state index is 13.8. The highest BCUT2D eigenvalue weighted by molar-refractivity contribution is 6.11. The van der Waals surface area contributed by atoms with E-state index in [9.17, 15) is 37.1 Å². The van der Waals surface area contributed by atoms with Gasteiger partial charge >= 0.3 is 18.3 Å². The van der Waals surface area contributed by atoms with E-state index in [2.05, 4.69) is 27.0 Å². The van der Waals surface area contributed by atoms with E-state index >= 15 is 0 Å². The quantitative estimate of drug-likeness (QED) is 0.367. The number of alkyl halides is 3. The zero-order valence-electron chi connectivity index (χ0n) is 20.6. The molecule has 3 aromatic rings. The predicted molar refractivity (Wildman–Crippen MR) is 132 cm³/mol. The Morgan fingerprint density at radius 1 is 1.15 bits per heavy atom. The number of urea groups is 1. The van der Waals surface area contributed by atoms with Gasteiger partial charge in [0.15, 0.2) is 0 Å². The van der Waals surface area contributed by atoms with Gasteiger partial charge in [-0.2, -0.15) is 13.2 Å². The van der Waals surface area contributed by atoms with Gasteiger partial charge in [-0.05, 0) is 61.4 Å². The van der Waals surface area contributed by atoms with Gasteiger partial charge in [-0.1, -0.05) is 5.92 Å². The average molecular weight is 557 g/mol. The van der Waals surface area contributed by atoms with E-state index in [1.165, 1.54) is 31.2 Å². The molecule has 1 aliphatic rings. The van der Waals surface area contributed by atoms with Gasteiger partial charge in [-0.3, -0.25) is 14.6 Å². The van der Waals surface area contributed by atoms with Gasteiger partial charge < -0.3 is 10.8 Å². The number of halogens is 4. The molecule has 40 heavy (non-hydrogen) atoms. The van der Waals surface area contributed by atoms with E-state index in [-0.39, 0.29) is 29.4 Å². The lowest BCUT2D eigenvalue weighted by atomic mass is 10.1. The summed E-state index contributed by atoms with van der Waals surface area (Å²) in [7, 11) is 0. The molecule has 1 fully saturated rings. The number of hydrogen-bond acceptors (Lipinski definition) is 7. The molecule has 0 aliphatic carbocycles. The van der Waals surface area contributed by atoms with Crippen LogP contribution in [0.4, 0.5) is 44.5 Å². The third-order valence-electron chi connectivity index (χ3n) is 5.68. The van der Waals surface area contributed by atoms with Gasteiger partial charge in [-0.15, -0.1) is 10.2 Å². The standard InChI is InChI=1S/C25H19F4N7O4/c1-14-11-15(25(27,28)29)12-21(31-14)36-19(13-35(23(36)38)24(39)40)22(37)34(18-7-4-16(26)5-8-18)10-2-3-17-6-9-20(30)33-32-17/h4-9,11-12,19H,10,13H2,1H3,(H2,30,33)(H,39,40)/t19-/m0/s1. The topological polar surface area (TPSA) is 146 Å². The number of rotatable bonds is 4. The average Bonchev–Trinajstić information content (AvgIpc) is 3.24. The first-order valence-corrected chi connectivity index (χ1v) is 11.4. The molecular formula is C25H19F4N7O4. The second-order valence-electron chi connectivity index (χ2n) is 8.46. The number of aromatic nitrogens is 3. The summed E-state index contributed by atoms with van der Waals surface area (Å²) in [5.74, 6) is 3.43. The van der Waals surface area contributed by atoms with E-state index in [1.807, 2.05) is 0 Å². The molecular weight excluding hydrogens is 538 g/mol. The normalized spacial score (nSPS) is 15.0. The Labute approximate surface area is 223 Å². The van der Waals surface area contributed by atoms with Crippen molar-refractivity contribution in [1.29, 1.82) is 0 Å². The summed E-state index contributed by atoms with van der Waals surface area (Å²) < 4.78 is 54.1. The highest BCUT2D eigenvalue weighted by Crippen LogP contribution is 2.34. The summed E-state index contributed by atoms with van der Waals surface area (Å²) in [5.41, 5.74) is 4.56. The third-order valence-corrected chi connectivity index (χ3v) is 5.68. The van der Waals surface area contributed by atoms with E-state index < -0.39 is 54.0 Å². The lowest BCUT2D eigenvalue weighted by molar-refractivity contribution is -0.137. The number of anilines is 3. The van der Waals surface area contributed by atoms with Crippen LogP contribution in [0.5, 0.6) is 0 Å². The zero-order chi connectivity index (χ0) is 29.2. The van der Waals surface area contributed by atoms with Crippen LogP contribution in [0.25, 0.3) is 0 Å². The van der Waals surface area contributed by atoms with E-state index in [4.69, 9.17) is 5.73 Å². The second-order valence-corrected chi connectivity index (χ2v) is 8.46. The Bertz CT molecular complexity index is 1520. The van der Waals surface area contributed by atoms with Gasteiger partial charge in [0.05, 0.1) is 18.7 Å². The Balaban J connectivity index is 1.76. The summed E-state index contributed by atoms with van der Waals surface area (Å²) >= 11 is 0. The van der Waals surface area contributed by atoms with Gasteiger partial charge in [0, 0.05) is 11.4 Å². The number of aryl methyl sites for hydroxylation is 1. The van der Waals surface area contributed by atoms with Crippen molar-refractivity contribution >= 4 is 35.4 Å². The fourth-order valence-corrected chi connectivity index (χ4v) is 3.86. The molecule has 1 aromatic carbocycles. The number of carbonyl (C=O) groups is 3. The van der Waals surface area contributed by atoms with Crippen molar-refractivity contribution in [2.45, 2.75) is 19.1 Å². The molecule has 0 radical (unpaired) electrons. The lowest BCUT2D eigenvalue weighted by Gasteiger charge is -2.28. The molecule has 206 valence electrons. The first-order chi connectivity index (χ1) is 18.8. The van der Waals surface area contributed by atoms with Crippen LogP contribution in [0.3, 0.4) is 0 Å². The fraction of sp³-hybridized carbons (Fsp3) is 0.200. The van der Waals surface area contributed by atoms with Crippen molar-refractivity contribution in [2.75, 3.05) is 28.6 Å². The largest absolute Gasteiger partial charge is 0.465 e. The Kier molecular flexibility index (Phi) is 7.53. The molecule has 1 aliphatic heterocycles. The Morgan fingerprint density at radius 3 is 2.45 bits per heavy atom. The van der Waals surface area contributed by atoms with Crippen LogP contribution < -0.4 is 15.5 Å². The molecule has 4 rings (SSSR count). The minimum Gasteiger partial charge on any atom is -0.465 e. The summed E-state index contributed by atoms with van der Waals surface area (Å²) in [4.78, 5) is 44.5. The Morgan fingerprint density at radius 2 is 1.85 bits per heavy atom. The van der Waals surface area contributed by atoms with Crippen LogP contribution in [-0.2, 0) is 11.0 Å². The van der Waals surface area contributed by atoms with Gasteiger partial charge in [0.1, 0.15) is 29.2 Å². The second kappa shape index (κ2) is 10.8. The maximum absolute atomic E-state index is 13.8. The fourth-order valence-electron chi connectivity index (χ4n) is 3.86. The molecule has 0 saturated carbocycles. The number of pyridine rings is 1. The summed E-state index contributed by atoms with van der Waals surface area (Å²) in [5, 5.41) is 17.0. The van der Waals surface area contributed by atoms with Crippen LogP contribution in [0.1, 0.15) is 17.0 Å². The monoisotopic (exact) mass is 557 g/mol. The number of nitrogen functional groups attached to an aromatic ring is 1. The highest BCUT2D eigenvalue weighted by Gasteiger charge is 2.48. The smallest absolute Gasteiger partial charge is 0.416 e. The SMILES string of the molecule is Cc1cc(C(F)(F)F)cc(N2C(=O)N(C(=O)O)C[C@H]2C(=O)N(CC#Cc2ccc(N)nn2)c2ccc(F)cc2)n1. The number of nitrogens with zero attached hydrogens (tertiary/aromatic N) is 6. The minimum atomic E-state index is -4.81. The minimum absolute atomic E-state index is 0.122. The van der Waals surface area contributed by atoms with Crippen LogP contribution in [-0.4, -0.2) is 62.4 Å². The van der Waals surface area contributed by atoms with Crippen LogP contribution in [0, 0.1) is 24.6 Å². The van der Waals surface area contributed by atoms with Crippen LogP contribution >= 0.6 is 0 Å². The van der Waals surface area contributed by atoms with E-state index in [0.29, 0.717) is 15.9 Å². The molecule has 15 heteroatoms. The molecule has 3 N–H and O–H groups in total. The molecule has 1 atom stereocenters. The van der Waals surface area contributed by atoms with Crippen molar-refractivity contribution in [3.63, 3.8) is 0 Å². The van der Waals surface area contributed by atoms with E-state index in [0.717, 1.165) is 23.1 Å². The molecule has 11 nitrogen and oxygen atoms in total. The predicted octanol–water partition coefficient (Wildman–Crippen LogP) is 3.29. The third kappa shape index (κ3) is 5.90. The molecule has 0 unspecified atom stereocenters. The first-order valence-electron chi connectivity index (χ1n) is 11.4. The van der Waals surface area contributed by atoms with Gasteiger partial charge in [0.2, 0.25) is 0 Å². The number of carboxylic acid groups (broad SMARTS) is 1. The Hall–Kier alpha value is -5.26. The number of benzene rings is 1. The highest BCUT2D eigenvalue weighted by atomic mass is 19.4. The summed E-state index contributed by atoms with van der Waals surface area (Å²) in [6, 6.07) is 5.97. The van der Waals surface area contributed by atoms with Crippen LogP contribution in [0.15, 0.2) is 48.5 Å². The molecule has 1 saturated heterocycles. The van der Waals surface area contributed by atoms with Gasteiger partial charge in [0.25, 0.3) is 5.91 Å². The number of imide groups is 1. The van der Waals surface area contributed by atoms with Crippen molar-refractivity contribution < 1.29 is 37.1 Å². The number of amides is 4. The number of nitrogens with two attached hydrogens (primary N) is 1. The molecule has 2 aromatic heterocycles.